The van der Waals surface area contributed by atoms with Gasteiger partial charge in [-0.05, 0) is 49.6 Å². The molecular weight excluding hydrogens is 300 g/mol. The van der Waals surface area contributed by atoms with Crippen LogP contribution in [0.25, 0.3) is 0 Å². The van der Waals surface area contributed by atoms with Gasteiger partial charge in [0.1, 0.15) is 5.82 Å². The number of carbonyl (C=O) groups is 1. The van der Waals surface area contributed by atoms with E-state index in [0.29, 0.717) is 16.6 Å². The standard InChI is InChI=1S/C16H17ClN4O/c1-10-2-4-13(8-14(10)17)20-21-16(22)11-3-7-15(18-9-11)19-12-5-6-12/h2-4,7-9,12,20H,5-6H2,1H3,(H,18,19)(H,21,22). The molecule has 114 valence electrons. The minimum absolute atomic E-state index is 0.248. The molecule has 0 aliphatic heterocycles. The summed E-state index contributed by atoms with van der Waals surface area (Å²) < 4.78 is 0. The van der Waals surface area contributed by atoms with Crippen LogP contribution in [0.3, 0.4) is 0 Å². The first kappa shape index (κ1) is 14.7. The number of carbonyl (C=O) groups excluding carboxylic acids is 1. The number of halogens is 1. The summed E-state index contributed by atoms with van der Waals surface area (Å²) in [6.45, 7) is 1.92. The summed E-state index contributed by atoms with van der Waals surface area (Å²) in [4.78, 5) is 16.3. The molecule has 22 heavy (non-hydrogen) atoms. The Balaban J connectivity index is 1.57. The SMILES string of the molecule is Cc1ccc(NNC(=O)c2ccc(NC3CC3)nc2)cc1Cl. The molecule has 1 amide bonds. The Morgan fingerprint density at radius 2 is 2.09 bits per heavy atom. The lowest BCUT2D eigenvalue weighted by molar-refractivity contribution is 0.0962. The predicted molar refractivity (Wildman–Crippen MR) is 88.2 cm³/mol. The summed E-state index contributed by atoms with van der Waals surface area (Å²) in [5, 5.41) is 3.93. The first-order valence-electron chi connectivity index (χ1n) is 7.17. The van der Waals surface area contributed by atoms with E-state index >= 15 is 0 Å². The van der Waals surface area contributed by atoms with E-state index in [4.69, 9.17) is 11.6 Å². The topological polar surface area (TPSA) is 66.0 Å². The second-order valence-electron chi connectivity index (χ2n) is 5.39. The number of hydrogen-bond donors (Lipinski definition) is 3. The number of rotatable bonds is 5. The van der Waals surface area contributed by atoms with E-state index < -0.39 is 0 Å². The summed E-state index contributed by atoms with van der Waals surface area (Å²) >= 11 is 6.04. The quantitative estimate of drug-likeness (QED) is 0.740. The van der Waals surface area contributed by atoms with E-state index in [9.17, 15) is 4.79 Å². The summed E-state index contributed by atoms with van der Waals surface area (Å²) in [6, 6.07) is 9.60. The molecule has 6 heteroatoms. The number of anilines is 2. The lowest BCUT2D eigenvalue weighted by Gasteiger charge is -2.10. The first-order valence-corrected chi connectivity index (χ1v) is 7.55. The smallest absolute Gasteiger partial charge is 0.271 e. The molecule has 3 rings (SSSR count). The minimum Gasteiger partial charge on any atom is -0.367 e. The highest BCUT2D eigenvalue weighted by molar-refractivity contribution is 6.31. The number of nitrogens with one attached hydrogen (secondary N) is 3. The molecular formula is C16H17ClN4O. The van der Waals surface area contributed by atoms with Crippen molar-refractivity contribution < 1.29 is 4.79 Å². The Labute approximate surface area is 134 Å². The largest absolute Gasteiger partial charge is 0.367 e. The van der Waals surface area contributed by atoms with Gasteiger partial charge in [0.2, 0.25) is 0 Å². The third kappa shape index (κ3) is 3.68. The van der Waals surface area contributed by atoms with E-state index in [1.54, 1.807) is 18.3 Å². The van der Waals surface area contributed by atoms with Crippen LogP contribution in [0.5, 0.6) is 0 Å². The zero-order chi connectivity index (χ0) is 15.5. The molecule has 1 aromatic heterocycles. The van der Waals surface area contributed by atoms with Gasteiger partial charge in [-0.25, -0.2) is 4.98 Å². The van der Waals surface area contributed by atoms with Crippen LogP contribution in [0.4, 0.5) is 11.5 Å². The molecule has 0 atom stereocenters. The summed E-state index contributed by atoms with van der Waals surface area (Å²) in [5.41, 5.74) is 7.67. The van der Waals surface area contributed by atoms with Crippen molar-refractivity contribution in [3.63, 3.8) is 0 Å². The van der Waals surface area contributed by atoms with E-state index in [1.807, 2.05) is 25.1 Å². The van der Waals surface area contributed by atoms with Gasteiger partial charge in [-0.15, -0.1) is 0 Å². The van der Waals surface area contributed by atoms with E-state index in [1.165, 1.54) is 12.8 Å². The van der Waals surface area contributed by atoms with Crippen molar-refractivity contribution in [2.45, 2.75) is 25.8 Å². The molecule has 1 fully saturated rings. The number of pyridine rings is 1. The highest BCUT2D eigenvalue weighted by Gasteiger charge is 2.21. The number of hydrogen-bond acceptors (Lipinski definition) is 4. The fraction of sp³-hybridized carbons (Fsp3) is 0.250. The van der Waals surface area contributed by atoms with Gasteiger partial charge in [-0.1, -0.05) is 17.7 Å². The van der Waals surface area contributed by atoms with Crippen molar-refractivity contribution in [2.75, 3.05) is 10.7 Å². The van der Waals surface area contributed by atoms with Crippen molar-refractivity contribution in [3.8, 4) is 0 Å². The van der Waals surface area contributed by atoms with E-state index in [0.717, 1.165) is 17.1 Å². The van der Waals surface area contributed by atoms with Crippen LogP contribution in [-0.2, 0) is 0 Å². The molecule has 1 saturated carbocycles. The monoisotopic (exact) mass is 316 g/mol. The molecule has 1 aromatic carbocycles. The van der Waals surface area contributed by atoms with Gasteiger partial charge >= 0.3 is 0 Å². The van der Waals surface area contributed by atoms with Crippen molar-refractivity contribution in [1.29, 1.82) is 0 Å². The Bertz CT molecular complexity index is 683. The van der Waals surface area contributed by atoms with Gasteiger partial charge in [0.05, 0.1) is 11.3 Å². The lowest BCUT2D eigenvalue weighted by atomic mass is 10.2. The maximum absolute atomic E-state index is 12.0. The minimum atomic E-state index is -0.248. The first-order chi connectivity index (χ1) is 10.6. The van der Waals surface area contributed by atoms with Gasteiger partial charge in [0.25, 0.3) is 5.91 Å². The summed E-state index contributed by atoms with van der Waals surface area (Å²) in [7, 11) is 0. The van der Waals surface area contributed by atoms with Crippen molar-refractivity contribution in [3.05, 3.63) is 52.7 Å². The summed E-state index contributed by atoms with van der Waals surface area (Å²) in [6.07, 6.45) is 3.93. The Morgan fingerprint density at radius 3 is 2.73 bits per heavy atom. The molecule has 3 N–H and O–H groups in total. The normalized spacial score (nSPS) is 13.5. The molecule has 0 unspecified atom stereocenters. The number of aryl methyl sites for hydroxylation is 1. The number of aromatic nitrogens is 1. The van der Waals surface area contributed by atoms with Crippen LogP contribution in [0, 0.1) is 6.92 Å². The highest BCUT2D eigenvalue weighted by Crippen LogP contribution is 2.23. The van der Waals surface area contributed by atoms with Crippen LogP contribution < -0.4 is 16.2 Å². The van der Waals surface area contributed by atoms with Gasteiger partial charge in [-0.3, -0.25) is 15.6 Å². The molecule has 0 radical (unpaired) electrons. The van der Waals surface area contributed by atoms with Crippen molar-refractivity contribution in [1.82, 2.24) is 10.4 Å². The number of amides is 1. The summed E-state index contributed by atoms with van der Waals surface area (Å²) in [5.74, 6) is 0.555. The molecule has 1 aliphatic carbocycles. The molecule has 0 spiro atoms. The third-order valence-corrected chi connectivity index (χ3v) is 3.85. The zero-order valence-electron chi connectivity index (χ0n) is 12.2. The van der Waals surface area contributed by atoms with Crippen LogP contribution in [0.2, 0.25) is 5.02 Å². The molecule has 5 nitrogen and oxygen atoms in total. The van der Waals surface area contributed by atoms with Gasteiger partial charge < -0.3 is 5.32 Å². The maximum Gasteiger partial charge on any atom is 0.271 e. The van der Waals surface area contributed by atoms with E-state index in [2.05, 4.69) is 21.2 Å². The number of nitrogens with zero attached hydrogens (tertiary/aromatic N) is 1. The van der Waals surface area contributed by atoms with Crippen LogP contribution in [-0.4, -0.2) is 16.9 Å². The fourth-order valence-corrected chi connectivity index (χ4v) is 2.10. The molecule has 1 heterocycles. The average molecular weight is 317 g/mol. The Kier molecular flexibility index (Phi) is 4.15. The van der Waals surface area contributed by atoms with Gasteiger partial charge in [-0.2, -0.15) is 0 Å². The van der Waals surface area contributed by atoms with Gasteiger partial charge in [0, 0.05) is 17.3 Å². The van der Waals surface area contributed by atoms with Crippen molar-refractivity contribution in [2.24, 2.45) is 0 Å². The van der Waals surface area contributed by atoms with Gasteiger partial charge in [0.15, 0.2) is 0 Å². The molecule has 0 bridgehead atoms. The zero-order valence-corrected chi connectivity index (χ0v) is 12.9. The maximum atomic E-state index is 12.0. The number of hydrazine groups is 1. The highest BCUT2D eigenvalue weighted by atomic mass is 35.5. The Hall–Kier alpha value is -2.27. The second kappa shape index (κ2) is 6.23. The van der Waals surface area contributed by atoms with Crippen LogP contribution in [0.15, 0.2) is 36.5 Å². The number of benzene rings is 1. The fourth-order valence-electron chi connectivity index (χ4n) is 1.92. The molecule has 2 aromatic rings. The van der Waals surface area contributed by atoms with Crippen molar-refractivity contribution >= 4 is 29.0 Å². The Morgan fingerprint density at radius 1 is 1.27 bits per heavy atom. The van der Waals surface area contributed by atoms with Crippen LogP contribution >= 0.6 is 11.6 Å². The third-order valence-electron chi connectivity index (χ3n) is 3.45. The predicted octanol–water partition coefficient (Wildman–Crippen LogP) is 3.37. The van der Waals surface area contributed by atoms with Crippen LogP contribution in [0.1, 0.15) is 28.8 Å². The molecule has 0 saturated heterocycles. The lowest BCUT2D eigenvalue weighted by Crippen LogP contribution is -2.29. The molecule has 1 aliphatic rings. The second-order valence-corrected chi connectivity index (χ2v) is 5.80. The van der Waals surface area contributed by atoms with E-state index in [-0.39, 0.29) is 5.91 Å². The average Bonchev–Trinajstić information content (AvgIpc) is 3.33.